The lowest BCUT2D eigenvalue weighted by molar-refractivity contribution is -0.144. The van der Waals surface area contributed by atoms with Gasteiger partial charge in [0.1, 0.15) is 19.0 Å². The van der Waals surface area contributed by atoms with Crippen LogP contribution in [0.5, 0.6) is 5.75 Å². The van der Waals surface area contributed by atoms with E-state index in [1.54, 1.807) is 11.3 Å². The van der Waals surface area contributed by atoms with Crippen LogP contribution in [0.4, 0.5) is 0 Å². The highest BCUT2D eigenvalue weighted by molar-refractivity contribution is 7.89. The predicted octanol–water partition coefficient (Wildman–Crippen LogP) is 2.89. The molecule has 1 heterocycles. The van der Waals surface area contributed by atoms with E-state index >= 15 is 0 Å². The fourth-order valence-electron chi connectivity index (χ4n) is 2.52. The highest BCUT2D eigenvalue weighted by atomic mass is 32.2. The number of hydrogen-bond donors (Lipinski definition) is 1. The number of esters is 1. The minimum atomic E-state index is -3.72. The molecule has 0 spiro atoms. The average molecular weight is 421 g/mol. The number of nitrogens with two attached hydrogens (primary N) is 1. The number of thiazole rings is 1. The van der Waals surface area contributed by atoms with Crippen LogP contribution in [0.25, 0.3) is 10.2 Å². The number of fused-ring (bicyclic) bond motifs is 1. The first-order valence-electron chi connectivity index (χ1n) is 8.67. The van der Waals surface area contributed by atoms with Crippen LogP contribution < -0.4 is 9.88 Å². The number of para-hydroxylation sites is 1. The van der Waals surface area contributed by atoms with Gasteiger partial charge in [0.15, 0.2) is 0 Å². The van der Waals surface area contributed by atoms with Crippen molar-refractivity contribution in [3.05, 3.63) is 53.5 Å². The number of ether oxygens (including phenoxy) is 2. The first kappa shape index (κ1) is 20.2. The Morgan fingerprint density at radius 2 is 1.82 bits per heavy atom. The van der Waals surface area contributed by atoms with E-state index in [4.69, 9.17) is 14.6 Å². The van der Waals surface area contributed by atoms with E-state index in [1.165, 1.54) is 24.3 Å². The molecule has 3 rings (SSSR count). The van der Waals surface area contributed by atoms with Crippen molar-refractivity contribution in [3.63, 3.8) is 0 Å². The molecule has 0 amide bonds. The minimum Gasteiger partial charge on any atom is -0.490 e. The summed E-state index contributed by atoms with van der Waals surface area (Å²) in [6.07, 6.45) is 1.73. The van der Waals surface area contributed by atoms with Crippen LogP contribution in [0.1, 0.15) is 17.8 Å². The van der Waals surface area contributed by atoms with Crippen molar-refractivity contribution in [2.75, 3.05) is 13.2 Å². The van der Waals surface area contributed by atoms with Gasteiger partial charge in [0.2, 0.25) is 10.0 Å². The van der Waals surface area contributed by atoms with E-state index in [9.17, 15) is 13.2 Å². The van der Waals surface area contributed by atoms with Gasteiger partial charge in [0, 0.05) is 6.42 Å². The number of hydrogen-bond acceptors (Lipinski definition) is 7. The van der Waals surface area contributed by atoms with Crippen LogP contribution in [0.15, 0.2) is 53.4 Å². The van der Waals surface area contributed by atoms with Crippen LogP contribution in [-0.4, -0.2) is 32.6 Å². The summed E-state index contributed by atoms with van der Waals surface area (Å²) in [6.45, 7) is 0.301. The van der Waals surface area contributed by atoms with E-state index in [2.05, 4.69) is 4.98 Å². The zero-order chi connectivity index (χ0) is 20.0. The van der Waals surface area contributed by atoms with Gasteiger partial charge in [-0.25, -0.2) is 18.5 Å². The van der Waals surface area contributed by atoms with Crippen LogP contribution in [-0.2, 0) is 26.0 Å². The SMILES string of the molecule is NS(=O)(=O)c1ccc(OCCOC(=O)CCCc2nc3ccccc3s2)cc1. The van der Waals surface area contributed by atoms with Crippen LogP contribution in [0, 0.1) is 0 Å². The topological polar surface area (TPSA) is 109 Å². The van der Waals surface area contributed by atoms with Gasteiger partial charge >= 0.3 is 5.97 Å². The van der Waals surface area contributed by atoms with Gasteiger partial charge in [0.05, 0.1) is 20.1 Å². The van der Waals surface area contributed by atoms with Crippen molar-refractivity contribution in [1.29, 1.82) is 0 Å². The summed E-state index contributed by atoms with van der Waals surface area (Å²) in [7, 11) is -3.72. The van der Waals surface area contributed by atoms with Crippen LogP contribution in [0.2, 0.25) is 0 Å². The number of aryl methyl sites for hydroxylation is 1. The molecule has 9 heteroatoms. The summed E-state index contributed by atoms with van der Waals surface area (Å²) in [4.78, 5) is 16.4. The molecular weight excluding hydrogens is 400 g/mol. The molecule has 0 atom stereocenters. The number of primary sulfonamides is 1. The fourth-order valence-corrected chi connectivity index (χ4v) is 4.05. The third kappa shape index (κ3) is 5.75. The number of aromatic nitrogens is 1. The molecule has 0 aliphatic carbocycles. The summed E-state index contributed by atoms with van der Waals surface area (Å²) >= 11 is 1.64. The van der Waals surface area contributed by atoms with Crippen molar-refractivity contribution in [1.82, 2.24) is 4.98 Å². The molecular formula is C19H20N2O5S2. The second-order valence-electron chi connectivity index (χ2n) is 6.01. The van der Waals surface area contributed by atoms with Crippen LogP contribution in [0.3, 0.4) is 0 Å². The normalized spacial score (nSPS) is 11.5. The Hall–Kier alpha value is -2.49. The molecule has 0 bridgehead atoms. The molecule has 2 aromatic carbocycles. The van der Waals surface area contributed by atoms with Gasteiger partial charge in [-0.05, 0) is 49.2 Å². The second-order valence-corrected chi connectivity index (χ2v) is 8.69. The molecule has 28 heavy (non-hydrogen) atoms. The first-order chi connectivity index (χ1) is 13.4. The molecule has 3 aromatic rings. The number of benzene rings is 2. The fraction of sp³-hybridized carbons (Fsp3) is 0.263. The summed E-state index contributed by atoms with van der Waals surface area (Å²) in [5.74, 6) is 0.188. The first-order valence-corrected chi connectivity index (χ1v) is 11.0. The van der Waals surface area contributed by atoms with E-state index in [1.807, 2.05) is 24.3 Å². The molecule has 148 valence electrons. The Kier molecular flexibility index (Phi) is 6.61. The highest BCUT2D eigenvalue weighted by Crippen LogP contribution is 2.22. The molecule has 0 aliphatic heterocycles. The van der Waals surface area contributed by atoms with Crippen molar-refractivity contribution in [3.8, 4) is 5.75 Å². The zero-order valence-corrected chi connectivity index (χ0v) is 16.7. The van der Waals surface area contributed by atoms with Crippen molar-refractivity contribution in [2.24, 2.45) is 5.14 Å². The zero-order valence-electron chi connectivity index (χ0n) is 15.0. The molecule has 0 saturated carbocycles. The molecule has 1 aromatic heterocycles. The number of carbonyl (C=O) groups is 1. The third-order valence-electron chi connectivity index (χ3n) is 3.88. The maximum atomic E-state index is 11.8. The molecule has 0 radical (unpaired) electrons. The average Bonchev–Trinajstić information content (AvgIpc) is 3.08. The van der Waals surface area contributed by atoms with Crippen molar-refractivity contribution < 1.29 is 22.7 Å². The molecule has 0 unspecified atom stereocenters. The van der Waals surface area contributed by atoms with Crippen LogP contribution >= 0.6 is 11.3 Å². The van der Waals surface area contributed by atoms with E-state index in [0.717, 1.165) is 21.6 Å². The van der Waals surface area contributed by atoms with Gasteiger partial charge in [-0.3, -0.25) is 4.79 Å². The van der Waals surface area contributed by atoms with Gasteiger partial charge in [-0.1, -0.05) is 12.1 Å². The Balaban J connectivity index is 1.33. The summed E-state index contributed by atoms with van der Waals surface area (Å²) < 4.78 is 34.1. The van der Waals surface area contributed by atoms with E-state index in [0.29, 0.717) is 18.6 Å². The Labute approximate surface area is 167 Å². The molecule has 0 aliphatic rings. The molecule has 2 N–H and O–H groups in total. The highest BCUT2D eigenvalue weighted by Gasteiger charge is 2.08. The number of nitrogens with zero attached hydrogens (tertiary/aromatic N) is 1. The van der Waals surface area contributed by atoms with E-state index in [-0.39, 0.29) is 24.1 Å². The Bertz CT molecular complexity index is 1010. The van der Waals surface area contributed by atoms with Gasteiger partial charge < -0.3 is 9.47 Å². The number of sulfonamides is 1. The lowest BCUT2D eigenvalue weighted by Crippen LogP contribution is -2.13. The van der Waals surface area contributed by atoms with Crippen molar-refractivity contribution in [2.45, 2.75) is 24.2 Å². The largest absolute Gasteiger partial charge is 0.490 e. The quantitative estimate of drug-likeness (QED) is 0.421. The summed E-state index contributed by atoms with van der Waals surface area (Å²) in [6, 6.07) is 13.7. The Morgan fingerprint density at radius 1 is 1.07 bits per heavy atom. The summed E-state index contributed by atoms with van der Waals surface area (Å²) in [5, 5.41) is 6.04. The minimum absolute atomic E-state index is 0.0133. The predicted molar refractivity (Wildman–Crippen MR) is 107 cm³/mol. The second kappa shape index (κ2) is 9.13. The summed E-state index contributed by atoms with van der Waals surface area (Å²) in [5.41, 5.74) is 0.985. The maximum absolute atomic E-state index is 11.8. The molecule has 0 saturated heterocycles. The van der Waals surface area contributed by atoms with Gasteiger partial charge in [-0.2, -0.15) is 0 Å². The number of carbonyl (C=O) groups excluding carboxylic acids is 1. The van der Waals surface area contributed by atoms with E-state index < -0.39 is 10.0 Å². The van der Waals surface area contributed by atoms with Gasteiger partial charge in [0.25, 0.3) is 0 Å². The smallest absolute Gasteiger partial charge is 0.305 e. The number of rotatable bonds is 9. The Morgan fingerprint density at radius 3 is 2.54 bits per heavy atom. The van der Waals surface area contributed by atoms with Gasteiger partial charge in [-0.15, -0.1) is 11.3 Å². The lowest BCUT2D eigenvalue weighted by Gasteiger charge is -2.08. The standard InChI is InChI=1S/C19H20N2O5S2/c20-28(23,24)15-10-8-14(9-11-15)25-12-13-26-19(22)7-3-6-18-21-16-4-1-2-5-17(16)27-18/h1-2,4-5,8-11H,3,6-7,12-13H2,(H2,20,23,24). The monoisotopic (exact) mass is 420 g/mol. The molecule has 0 fully saturated rings. The van der Waals surface area contributed by atoms with Crippen molar-refractivity contribution >= 4 is 37.5 Å². The third-order valence-corrected chi connectivity index (χ3v) is 5.90. The maximum Gasteiger partial charge on any atom is 0.305 e. The lowest BCUT2D eigenvalue weighted by atomic mass is 10.2. The molecule has 7 nitrogen and oxygen atoms in total.